The topological polar surface area (TPSA) is 59.8 Å². The third kappa shape index (κ3) is 3.61. The summed E-state index contributed by atoms with van der Waals surface area (Å²) < 4.78 is 30.9. The third-order valence-electron chi connectivity index (χ3n) is 4.36. The van der Waals surface area contributed by atoms with Gasteiger partial charge in [0.1, 0.15) is 0 Å². The van der Waals surface area contributed by atoms with Gasteiger partial charge in [-0.25, -0.2) is 0 Å². The third-order valence-corrected chi connectivity index (χ3v) is 6.32. The van der Waals surface area contributed by atoms with Crippen molar-refractivity contribution in [1.82, 2.24) is 14.8 Å². The molecule has 8 heteroatoms. The second-order valence-electron chi connectivity index (χ2n) is 6.26. The number of nitrogens with zero attached hydrogens (tertiary/aromatic N) is 3. The van der Waals surface area contributed by atoms with Gasteiger partial charge in [0.15, 0.2) is 0 Å². The van der Waals surface area contributed by atoms with Gasteiger partial charge >= 0.3 is 166 Å². The predicted octanol–water partition coefficient (Wildman–Crippen LogP) is 3.86. The van der Waals surface area contributed by atoms with E-state index in [9.17, 15) is 13.6 Å². The number of hydrogen-bond acceptors (Lipinski definition) is 3. The molecule has 0 saturated carbocycles. The fourth-order valence-corrected chi connectivity index (χ4v) is 4.75. The number of halogens is 2. The Bertz CT molecular complexity index is 1110. The van der Waals surface area contributed by atoms with Crippen molar-refractivity contribution in [1.29, 1.82) is 0 Å². The Kier molecular flexibility index (Phi) is 5.07. The molecule has 1 amide bonds. The van der Waals surface area contributed by atoms with E-state index in [1.807, 2.05) is 0 Å². The molecule has 1 N–H and O–H groups in total. The summed E-state index contributed by atoms with van der Waals surface area (Å²) >= 11 is -0.272. The van der Waals surface area contributed by atoms with Crippen molar-refractivity contribution in [3.05, 3.63) is 65.9 Å². The normalized spacial score (nSPS) is 13.8. The number of anilines is 1. The average Bonchev–Trinajstić information content (AvgIpc) is 3.28. The van der Waals surface area contributed by atoms with Crippen molar-refractivity contribution >= 4 is 25.1 Å². The minimum atomic E-state index is -0.485. The molecule has 5 nitrogen and oxygen atoms in total. The van der Waals surface area contributed by atoms with Gasteiger partial charge in [0, 0.05) is 0 Å². The Morgan fingerprint density at radius 2 is 2.11 bits per heavy atom. The molecule has 4 rings (SSSR count). The molecule has 1 aliphatic carbocycles. The first-order valence-corrected chi connectivity index (χ1v) is 10.4. The minimum absolute atomic E-state index is 0.0561. The van der Waals surface area contributed by atoms with Crippen LogP contribution in [-0.2, 0) is 11.8 Å². The van der Waals surface area contributed by atoms with Crippen LogP contribution in [0.15, 0.2) is 60.1 Å². The molecular formula is C20H16F2N4OSe. The number of carbonyl (C=O) groups excluding carboxylic acids is 1. The van der Waals surface area contributed by atoms with Crippen LogP contribution < -0.4 is 5.32 Å². The van der Waals surface area contributed by atoms with Crippen LogP contribution in [0.4, 0.5) is 13.5 Å². The van der Waals surface area contributed by atoms with Gasteiger partial charge in [-0.15, -0.1) is 0 Å². The van der Waals surface area contributed by atoms with Crippen molar-refractivity contribution < 1.29 is 13.6 Å². The molecule has 1 aromatic carbocycles. The molecule has 0 saturated heterocycles. The molecule has 0 spiro atoms. The van der Waals surface area contributed by atoms with Gasteiger partial charge in [0.05, 0.1) is 0 Å². The summed E-state index contributed by atoms with van der Waals surface area (Å²) in [5.74, 6) is -1.22. The molecule has 0 unspecified atom stereocenters. The van der Waals surface area contributed by atoms with E-state index in [0.29, 0.717) is 22.4 Å². The van der Waals surface area contributed by atoms with Crippen LogP contribution in [0.3, 0.4) is 0 Å². The van der Waals surface area contributed by atoms with Crippen molar-refractivity contribution in [3.63, 3.8) is 0 Å². The molecule has 2 heterocycles. The summed E-state index contributed by atoms with van der Waals surface area (Å²) in [4.78, 5) is 16.5. The number of carbonyl (C=O) groups is 1. The zero-order valence-electron chi connectivity index (χ0n) is 14.9. The summed E-state index contributed by atoms with van der Waals surface area (Å²) in [6.07, 6.45) is 5.80. The first-order valence-electron chi connectivity index (χ1n) is 8.64. The predicted molar refractivity (Wildman–Crippen MR) is 104 cm³/mol. The van der Waals surface area contributed by atoms with Gasteiger partial charge in [0.2, 0.25) is 0 Å². The summed E-state index contributed by atoms with van der Waals surface area (Å²) in [5.41, 5.74) is 1.82. The van der Waals surface area contributed by atoms with Gasteiger partial charge in [-0.2, -0.15) is 0 Å². The first-order chi connectivity index (χ1) is 13.5. The van der Waals surface area contributed by atoms with Crippen molar-refractivity contribution in [2.45, 2.75) is 12.8 Å². The number of aryl methyl sites for hydroxylation is 1. The number of aromatic nitrogens is 3. The van der Waals surface area contributed by atoms with E-state index >= 15 is 0 Å². The second-order valence-corrected chi connectivity index (χ2v) is 8.42. The maximum atomic E-state index is 14.0. The van der Waals surface area contributed by atoms with Gasteiger partial charge in [-0.1, -0.05) is 0 Å². The molecule has 0 aliphatic heterocycles. The fraction of sp³-hybridized carbons (Fsp3) is 0.150. The number of benzene rings is 1. The van der Waals surface area contributed by atoms with Crippen LogP contribution in [0.1, 0.15) is 12.8 Å². The Hall–Kier alpha value is -2.83. The zero-order chi connectivity index (χ0) is 19.7. The van der Waals surface area contributed by atoms with Crippen LogP contribution in [0.5, 0.6) is 0 Å². The molecular weight excluding hydrogens is 429 g/mol. The zero-order valence-corrected chi connectivity index (χ0v) is 16.7. The van der Waals surface area contributed by atoms with Crippen molar-refractivity contribution in [3.8, 4) is 21.4 Å². The van der Waals surface area contributed by atoms with E-state index in [-0.39, 0.29) is 32.3 Å². The Balaban J connectivity index is 1.58. The standard InChI is InChI=1S/C20H16F2N4OSe/c1-26-17(10-16(25-26)12-6-2-4-8-14(12)21)18-11-23-20(28-18)24-19(27)13-7-3-5-9-15(13)22/h2-4,6-8,10-11H,5,9H2,1H3,(H,23,24,27). The Morgan fingerprint density at radius 1 is 1.29 bits per heavy atom. The number of rotatable bonds is 4. The van der Waals surface area contributed by atoms with Crippen LogP contribution in [0.25, 0.3) is 21.4 Å². The molecule has 28 heavy (non-hydrogen) atoms. The van der Waals surface area contributed by atoms with Crippen LogP contribution in [-0.4, -0.2) is 35.2 Å². The van der Waals surface area contributed by atoms with Gasteiger partial charge in [-0.05, 0) is 0 Å². The van der Waals surface area contributed by atoms with E-state index in [1.54, 1.807) is 48.3 Å². The second kappa shape index (κ2) is 7.66. The average molecular weight is 445 g/mol. The molecule has 0 radical (unpaired) electrons. The first kappa shape index (κ1) is 18.5. The van der Waals surface area contributed by atoms with E-state index in [2.05, 4.69) is 15.4 Å². The SMILES string of the molecule is Cn1nc(-c2ccccc2F)cc1-c1cnc(NC(=O)C2=C(F)CCC=C2)[se]1. The quantitative estimate of drug-likeness (QED) is 0.621. The Labute approximate surface area is 166 Å². The Morgan fingerprint density at radius 3 is 2.89 bits per heavy atom. The summed E-state index contributed by atoms with van der Waals surface area (Å²) in [6.45, 7) is 0. The van der Waals surface area contributed by atoms with Crippen molar-refractivity contribution in [2.75, 3.05) is 5.32 Å². The van der Waals surface area contributed by atoms with E-state index in [0.717, 1.165) is 10.1 Å². The van der Waals surface area contributed by atoms with Gasteiger partial charge < -0.3 is 0 Å². The summed E-state index contributed by atoms with van der Waals surface area (Å²) in [7, 11) is 1.78. The molecule has 2 aromatic heterocycles. The molecule has 0 fully saturated rings. The number of nitrogens with one attached hydrogen (secondary N) is 1. The van der Waals surface area contributed by atoms with Crippen molar-refractivity contribution in [2.24, 2.45) is 7.05 Å². The van der Waals surface area contributed by atoms with Gasteiger partial charge in [-0.3, -0.25) is 0 Å². The van der Waals surface area contributed by atoms with Crippen LogP contribution in [0.2, 0.25) is 0 Å². The summed E-state index contributed by atoms with van der Waals surface area (Å²) in [6, 6.07) is 8.27. The number of allylic oxidation sites excluding steroid dienone is 2. The number of amides is 1. The molecule has 0 bridgehead atoms. The van der Waals surface area contributed by atoms with E-state index in [1.165, 1.54) is 12.1 Å². The molecule has 3 aromatic rings. The maximum absolute atomic E-state index is 14.0. The monoisotopic (exact) mass is 446 g/mol. The van der Waals surface area contributed by atoms with Gasteiger partial charge in [0.25, 0.3) is 0 Å². The van der Waals surface area contributed by atoms with E-state index in [4.69, 9.17) is 0 Å². The fourth-order valence-electron chi connectivity index (χ4n) is 2.95. The molecule has 0 atom stereocenters. The van der Waals surface area contributed by atoms with Crippen LogP contribution in [0, 0.1) is 5.82 Å². The van der Waals surface area contributed by atoms with E-state index < -0.39 is 11.7 Å². The number of hydrogen-bond donors (Lipinski definition) is 1. The molecule has 142 valence electrons. The summed E-state index contributed by atoms with van der Waals surface area (Å²) in [5, 5.41) is 7.09. The molecule has 1 aliphatic rings. The van der Waals surface area contributed by atoms with Crippen LogP contribution >= 0.6 is 0 Å².